The standard InChI is InChI=1S/C21H20N2O3S/c24-19(10-16-8-14-3-1-2-4-18(14)26-16)22-21-15-9-17(21)23(11-15)20(25)7-13-5-6-27-12-13/h1-6,8,12,15,17,21H,7,9-11H2,(H,22,24). The van der Waals surface area contributed by atoms with Crippen LogP contribution in [0, 0.1) is 5.92 Å². The van der Waals surface area contributed by atoms with Gasteiger partial charge in [-0.3, -0.25) is 9.59 Å². The smallest absolute Gasteiger partial charge is 0.227 e. The Morgan fingerprint density at radius 1 is 1.22 bits per heavy atom. The molecule has 3 fully saturated rings. The number of fused-ring (bicyclic) bond motifs is 2. The van der Waals surface area contributed by atoms with E-state index < -0.39 is 0 Å². The van der Waals surface area contributed by atoms with E-state index in [1.807, 2.05) is 52.1 Å². The van der Waals surface area contributed by atoms with Crippen LogP contribution in [0.4, 0.5) is 0 Å². The molecule has 1 N–H and O–H groups in total. The fraction of sp³-hybridized carbons (Fsp3) is 0.333. The zero-order valence-electron chi connectivity index (χ0n) is 14.8. The molecule has 3 aliphatic rings. The molecule has 5 nitrogen and oxygen atoms in total. The first-order chi connectivity index (χ1) is 13.2. The molecule has 0 spiro atoms. The Bertz CT molecular complexity index is 961. The average Bonchev–Trinajstić information content (AvgIpc) is 3.41. The predicted molar refractivity (Wildman–Crippen MR) is 103 cm³/mol. The van der Waals surface area contributed by atoms with Crippen LogP contribution >= 0.6 is 11.3 Å². The molecule has 4 heterocycles. The summed E-state index contributed by atoms with van der Waals surface area (Å²) in [4.78, 5) is 27.0. The van der Waals surface area contributed by atoms with Crippen molar-refractivity contribution in [3.63, 3.8) is 0 Å². The van der Waals surface area contributed by atoms with E-state index in [9.17, 15) is 9.59 Å². The van der Waals surface area contributed by atoms with E-state index in [0.717, 1.165) is 29.5 Å². The lowest BCUT2D eigenvalue weighted by Gasteiger charge is -2.36. The molecule has 3 aromatic rings. The highest BCUT2D eigenvalue weighted by Crippen LogP contribution is 2.41. The van der Waals surface area contributed by atoms with Gasteiger partial charge in [-0.15, -0.1) is 0 Å². The summed E-state index contributed by atoms with van der Waals surface area (Å²) in [6, 6.07) is 11.9. The number of carbonyl (C=O) groups excluding carboxylic acids is 2. The third-order valence-electron chi connectivity index (χ3n) is 5.69. The molecule has 138 valence electrons. The summed E-state index contributed by atoms with van der Waals surface area (Å²) in [6.45, 7) is 0.753. The Kier molecular flexibility index (Phi) is 4.01. The molecule has 6 heteroatoms. The van der Waals surface area contributed by atoms with E-state index in [-0.39, 0.29) is 30.3 Å². The molecule has 2 aliphatic heterocycles. The second-order valence-corrected chi connectivity index (χ2v) is 8.22. The molecular weight excluding hydrogens is 360 g/mol. The van der Waals surface area contributed by atoms with Gasteiger partial charge in [0.25, 0.3) is 0 Å². The minimum atomic E-state index is -0.0408. The number of amides is 2. The van der Waals surface area contributed by atoms with Crippen molar-refractivity contribution < 1.29 is 14.0 Å². The van der Waals surface area contributed by atoms with Gasteiger partial charge >= 0.3 is 0 Å². The number of benzene rings is 1. The van der Waals surface area contributed by atoms with E-state index in [0.29, 0.717) is 18.1 Å². The highest BCUT2D eigenvalue weighted by Gasteiger charge is 2.54. The summed E-state index contributed by atoms with van der Waals surface area (Å²) in [7, 11) is 0. The molecule has 2 amide bonds. The Hall–Kier alpha value is -2.60. The fourth-order valence-electron chi connectivity index (χ4n) is 4.31. The topological polar surface area (TPSA) is 62.6 Å². The largest absolute Gasteiger partial charge is 0.461 e. The molecule has 1 saturated carbocycles. The molecule has 1 aliphatic carbocycles. The summed E-state index contributed by atoms with van der Waals surface area (Å²) in [5.41, 5.74) is 1.87. The first-order valence-electron chi connectivity index (χ1n) is 9.25. The normalized spacial score (nSPS) is 23.4. The second kappa shape index (κ2) is 6.53. The zero-order valence-corrected chi connectivity index (χ0v) is 15.6. The maximum atomic E-state index is 12.6. The SMILES string of the molecule is O=C(Cc1cc2ccccc2o1)NC1C2CC1N(C(=O)Cc1ccsc1)C2. The van der Waals surface area contributed by atoms with Crippen LogP contribution in [0.2, 0.25) is 0 Å². The van der Waals surface area contributed by atoms with Crippen LogP contribution in [-0.4, -0.2) is 35.3 Å². The van der Waals surface area contributed by atoms with Crippen LogP contribution in [0.5, 0.6) is 0 Å². The van der Waals surface area contributed by atoms with Gasteiger partial charge in [-0.1, -0.05) is 18.2 Å². The van der Waals surface area contributed by atoms with Crippen molar-refractivity contribution in [2.24, 2.45) is 5.92 Å². The molecule has 3 atom stereocenters. The number of nitrogens with one attached hydrogen (secondary N) is 1. The van der Waals surface area contributed by atoms with Gasteiger partial charge in [0.1, 0.15) is 11.3 Å². The van der Waals surface area contributed by atoms with Gasteiger partial charge in [0.2, 0.25) is 11.8 Å². The lowest BCUT2D eigenvalue weighted by molar-refractivity contribution is -0.132. The Labute approximate surface area is 161 Å². The number of nitrogens with zero attached hydrogens (tertiary/aromatic N) is 1. The molecule has 0 radical (unpaired) electrons. The average molecular weight is 380 g/mol. The third-order valence-corrected chi connectivity index (χ3v) is 6.43. The minimum absolute atomic E-state index is 0.0408. The minimum Gasteiger partial charge on any atom is -0.461 e. The zero-order chi connectivity index (χ0) is 18.4. The lowest BCUT2D eigenvalue weighted by atomic mass is 9.80. The monoisotopic (exact) mass is 380 g/mol. The highest BCUT2D eigenvalue weighted by atomic mass is 32.1. The summed E-state index contributed by atoms with van der Waals surface area (Å²) in [5.74, 6) is 1.17. The number of thiophene rings is 1. The first-order valence-corrected chi connectivity index (χ1v) is 10.2. The molecule has 27 heavy (non-hydrogen) atoms. The molecule has 1 aromatic carbocycles. The Balaban J connectivity index is 1.19. The first kappa shape index (κ1) is 16.6. The van der Waals surface area contributed by atoms with Gasteiger partial charge in [-0.05, 0) is 40.9 Å². The van der Waals surface area contributed by atoms with Crippen LogP contribution in [0.1, 0.15) is 17.7 Å². The van der Waals surface area contributed by atoms with E-state index in [1.165, 1.54) is 0 Å². The second-order valence-electron chi connectivity index (χ2n) is 7.44. The van der Waals surface area contributed by atoms with Crippen molar-refractivity contribution in [1.82, 2.24) is 10.2 Å². The summed E-state index contributed by atoms with van der Waals surface area (Å²) >= 11 is 1.61. The number of furan rings is 1. The van der Waals surface area contributed by atoms with Crippen molar-refractivity contribution in [3.05, 3.63) is 58.5 Å². The molecule has 3 unspecified atom stereocenters. The van der Waals surface area contributed by atoms with Crippen molar-refractivity contribution in [1.29, 1.82) is 0 Å². The Morgan fingerprint density at radius 2 is 2.11 bits per heavy atom. The summed E-state index contributed by atoms with van der Waals surface area (Å²) in [5, 5.41) is 8.15. The molecule has 2 saturated heterocycles. The maximum absolute atomic E-state index is 12.6. The quantitative estimate of drug-likeness (QED) is 0.740. The van der Waals surface area contributed by atoms with Gasteiger partial charge in [-0.2, -0.15) is 11.3 Å². The van der Waals surface area contributed by atoms with Crippen molar-refractivity contribution in [2.75, 3.05) is 6.54 Å². The highest BCUT2D eigenvalue weighted by molar-refractivity contribution is 7.08. The molecular formula is C21H20N2O3S. The van der Waals surface area contributed by atoms with E-state index in [4.69, 9.17) is 4.42 Å². The van der Waals surface area contributed by atoms with E-state index in [2.05, 4.69) is 5.32 Å². The number of carbonyl (C=O) groups is 2. The summed E-state index contributed by atoms with van der Waals surface area (Å²) < 4.78 is 5.73. The van der Waals surface area contributed by atoms with Gasteiger partial charge in [0, 0.05) is 17.8 Å². The lowest BCUT2D eigenvalue weighted by Crippen LogP contribution is -2.55. The van der Waals surface area contributed by atoms with Crippen LogP contribution in [-0.2, 0) is 22.4 Å². The van der Waals surface area contributed by atoms with Crippen molar-refractivity contribution in [3.8, 4) is 0 Å². The summed E-state index contributed by atoms with van der Waals surface area (Å²) in [6.07, 6.45) is 1.67. The van der Waals surface area contributed by atoms with Gasteiger partial charge in [0.05, 0.1) is 24.9 Å². The third kappa shape index (κ3) is 3.04. The van der Waals surface area contributed by atoms with Crippen molar-refractivity contribution >= 4 is 34.1 Å². The Morgan fingerprint density at radius 3 is 2.93 bits per heavy atom. The van der Waals surface area contributed by atoms with Crippen molar-refractivity contribution in [2.45, 2.75) is 31.3 Å². The predicted octanol–water partition coefficient (Wildman–Crippen LogP) is 3.00. The van der Waals surface area contributed by atoms with Crippen LogP contribution in [0.15, 0.2) is 51.6 Å². The number of para-hydroxylation sites is 1. The number of hydrogen-bond donors (Lipinski definition) is 1. The fourth-order valence-corrected chi connectivity index (χ4v) is 4.98. The van der Waals surface area contributed by atoms with Gasteiger partial charge < -0.3 is 14.6 Å². The van der Waals surface area contributed by atoms with Gasteiger partial charge in [0.15, 0.2) is 0 Å². The van der Waals surface area contributed by atoms with E-state index >= 15 is 0 Å². The molecule has 6 rings (SSSR count). The van der Waals surface area contributed by atoms with E-state index in [1.54, 1.807) is 11.3 Å². The molecule has 2 aromatic heterocycles. The maximum Gasteiger partial charge on any atom is 0.227 e. The number of rotatable bonds is 5. The van der Waals surface area contributed by atoms with Crippen LogP contribution in [0.25, 0.3) is 11.0 Å². The van der Waals surface area contributed by atoms with Crippen LogP contribution < -0.4 is 5.32 Å². The number of hydrogen-bond acceptors (Lipinski definition) is 4. The van der Waals surface area contributed by atoms with Gasteiger partial charge in [-0.25, -0.2) is 0 Å². The van der Waals surface area contributed by atoms with Crippen LogP contribution in [0.3, 0.4) is 0 Å². The molecule has 2 bridgehead atoms.